The lowest BCUT2D eigenvalue weighted by Crippen LogP contribution is -2.39. The Morgan fingerprint density at radius 3 is 2.58 bits per heavy atom. The molecule has 0 radical (unpaired) electrons. The van der Waals surface area contributed by atoms with Crippen LogP contribution < -0.4 is 10.5 Å². The first-order valence-corrected chi connectivity index (χ1v) is 9.73. The van der Waals surface area contributed by atoms with Gasteiger partial charge in [-0.05, 0) is 43.5 Å². The Labute approximate surface area is 149 Å². The van der Waals surface area contributed by atoms with Crippen molar-refractivity contribution in [2.24, 2.45) is 5.73 Å². The van der Waals surface area contributed by atoms with E-state index in [1.807, 2.05) is 4.90 Å². The number of amides is 1. The molecule has 1 aromatic carbocycles. The minimum atomic E-state index is -3.19. The standard InChI is InChI=1S/C16H24N2O4S.ClH/c1-23(20,21)15-8-6-14(7-9-15)22-11-3-5-16(19)18-10-2-4-13(18)12-17;/h6-9,13H,2-5,10-12,17H2,1H3;1H. The zero-order chi connectivity index (χ0) is 16.9. The highest BCUT2D eigenvalue weighted by Crippen LogP contribution is 2.18. The molecule has 2 N–H and O–H groups in total. The Morgan fingerprint density at radius 1 is 1.33 bits per heavy atom. The molecule has 1 amide bonds. The third-order valence-corrected chi connectivity index (χ3v) is 5.15. The summed E-state index contributed by atoms with van der Waals surface area (Å²) in [6, 6.07) is 6.48. The quantitative estimate of drug-likeness (QED) is 0.730. The summed E-state index contributed by atoms with van der Waals surface area (Å²) in [7, 11) is -3.19. The van der Waals surface area contributed by atoms with Crippen molar-refractivity contribution < 1.29 is 17.9 Å². The number of sulfone groups is 1. The van der Waals surface area contributed by atoms with Gasteiger partial charge < -0.3 is 15.4 Å². The van der Waals surface area contributed by atoms with Gasteiger partial charge in [-0.15, -0.1) is 12.4 Å². The SMILES string of the molecule is CS(=O)(=O)c1ccc(OCCCC(=O)N2CCCC2CN)cc1.Cl. The van der Waals surface area contributed by atoms with Gasteiger partial charge >= 0.3 is 0 Å². The van der Waals surface area contributed by atoms with E-state index in [9.17, 15) is 13.2 Å². The monoisotopic (exact) mass is 376 g/mol. The van der Waals surface area contributed by atoms with Crippen LogP contribution in [0.15, 0.2) is 29.2 Å². The molecule has 8 heteroatoms. The highest BCUT2D eigenvalue weighted by molar-refractivity contribution is 7.90. The number of carbonyl (C=O) groups is 1. The van der Waals surface area contributed by atoms with Crippen LogP contribution in [0.4, 0.5) is 0 Å². The number of rotatable bonds is 7. The van der Waals surface area contributed by atoms with Crippen molar-refractivity contribution >= 4 is 28.2 Å². The predicted molar refractivity (Wildman–Crippen MR) is 95.3 cm³/mol. The molecule has 1 aliphatic heterocycles. The van der Waals surface area contributed by atoms with Crippen molar-refractivity contribution in [3.8, 4) is 5.75 Å². The number of ether oxygens (including phenoxy) is 1. The fourth-order valence-electron chi connectivity index (χ4n) is 2.75. The zero-order valence-electron chi connectivity index (χ0n) is 13.8. The first-order valence-electron chi connectivity index (χ1n) is 7.84. The summed E-state index contributed by atoms with van der Waals surface area (Å²) in [4.78, 5) is 14.3. The van der Waals surface area contributed by atoms with Crippen LogP contribution in [0.1, 0.15) is 25.7 Å². The van der Waals surface area contributed by atoms with Crippen LogP contribution in [0.2, 0.25) is 0 Å². The van der Waals surface area contributed by atoms with Crippen LogP contribution in [0.5, 0.6) is 5.75 Å². The molecule has 1 aromatic rings. The van der Waals surface area contributed by atoms with E-state index in [0.717, 1.165) is 19.4 Å². The maximum Gasteiger partial charge on any atom is 0.222 e. The van der Waals surface area contributed by atoms with Gasteiger partial charge in [0.2, 0.25) is 5.91 Å². The smallest absolute Gasteiger partial charge is 0.222 e. The molecule has 1 atom stereocenters. The molecule has 2 rings (SSSR count). The molecule has 24 heavy (non-hydrogen) atoms. The third kappa shape index (κ3) is 5.65. The molecule has 1 fully saturated rings. The average molecular weight is 377 g/mol. The normalized spacial score (nSPS) is 17.4. The summed E-state index contributed by atoms with van der Waals surface area (Å²) in [6.07, 6.45) is 4.25. The minimum absolute atomic E-state index is 0. The first kappa shape index (κ1) is 20.7. The van der Waals surface area contributed by atoms with Crippen molar-refractivity contribution in [2.45, 2.75) is 36.6 Å². The summed E-state index contributed by atoms with van der Waals surface area (Å²) < 4.78 is 28.3. The summed E-state index contributed by atoms with van der Waals surface area (Å²) in [5.74, 6) is 0.736. The van der Waals surface area contributed by atoms with E-state index in [1.54, 1.807) is 12.1 Å². The van der Waals surface area contributed by atoms with E-state index in [1.165, 1.54) is 18.4 Å². The maximum absolute atomic E-state index is 12.1. The van der Waals surface area contributed by atoms with Crippen molar-refractivity contribution in [1.82, 2.24) is 4.90 Å². The predicted octanol–water partition coefficient (Wildman–Crippen LogP) is 1.62. The van der Waals surface area contributed by atoms with Gasteiger partial charge in [-0.3, -0.25) is 4.79 Å². The van der Waals surface area contributed by atoms with Gasteiger partial charge in [-0.25, -0.2) is 8.42 Å². The summed E-state index contributed by atoms with van der Waals surface area (Å²) >= 11 is 0. The molecule has 0 spiro atoms. The number of hydrogen-bond acceptors (Lipinski definition) is 5. The molecular weight excluding hydrogens is 352 g/mol. The Morgan fingerprint density at radius 2 is 2.00 bits per heavy atom. The van der Waals surface area contributed by atoms with Crippen LogP contribution in [0.25, 0.3) is 0 Å². The highest BCUT2D eigenvalue weighted by Gasteiger charge is 2.26. The van der Waals surface area contributed by atoms with Crippen molar-refractivity contribution in [3.05, 3.63) is 24.3 Å². The van der Waals surface area contributed by atoms with E-state index in [0.29, 0.717) is 31.7 Å². The van der Waals surface area contributed by atoms with E-state index in [-0.39, 0.29) is 29.3 Å². The number of hydrogen-bond donors (Lipinski definition) is 1. The fourth-order valence-corrected chi connectivity index (χ4v) is 3.38. The summed E-state index contributed by atoms with van der Waals surface area (Å²) in [5.41, 5.74) is 5.67. The van der Waals surface area contributed by atoms with E-state index in [2.05, 4.69) is 0 Å². The molecule has 6 nitrogen and oxygen atoms in total. The number of halogens is 1. The average Bonchev–Trinajstić information content (AvgIpc) is 2.99. The van der Waals surface area contributed by atoms with E-state index >= 15 is 0 Å². The second-order valence-electron chi connectivity index (χ2n) is 5.81. The Kier molecular flexibility index (Phi) is 7.99. The van der Waals surface area contributed by atoms with Crippen LogP contribution in [0.3, 0.4) is 0 Å². The molecule has 1 saturated heterocycles. The maximum atomic E-state index is 12.1. The first-order chi connectivity index (χ1) is 10.9. The molecule has 0 aromatic heterocycles. The van der Waals surface area contributed by atoms with Gasteiger partial charge in [0.25, 0.3) is 0 Å². The van der Waals surface area contributed by atoms with Crippen LogP contribution >= 0.6 is 12.4 Å². The zero-order valence-corrected chi connectivity index (χ0v) is 15.4. The van der Waals surface area contributed by atoms with Gasteiger partial charge in [0.15, 0.2) is 9.84 Å². The lowest BCUT2D eigenvalue weighted by atomic mass is 10.2. The Bertz CT molecular complexity index is 634. The lowest BCUT2D eigenvalue weighted by molar-refractivity contribution is -0.132. The number of benzene rings is 1. The van der Waals surface area contributed by atoms with Crippen LogP contribution in [-0.4, -0.2) is 51.2 Å². The molecule has 0 saturated carbocycles. The van der Waals surface area contributed by atoms with Crippen LogP contribution in [0, 0.1) is 0 Å². The summed E-state index contributed by atoms with van der Waals surface area (Å²) in [5, 5.41) is 0. The molecule has 1 aliphatic rings. The van der Waals surface area contributed by atoms with Gasteiger partial charge in [0, 0.05) is 31.8 Å². The molecule has 1 heterocycles. The molecule has 136 valence electrons. The molecular formula is C16H25ClN2O4S. The van der Waals surface area contributed by atoms with Gasteiger partial charge in [0.05, 0.1) is 11.5 Å². The number of nitrogens with zero attached hydrogens (tertiary/aromatic N) is 1. The highest BCUT2D eigenvalue weighted by atomic mass is 35.5. The lowest BCUT2D eigenvalue weighted by Gasteiger charge is -2.23. The second-order valence-corrected chi connectivity index (χ2v) is 7.83. The van der Waals surface area contributed by atoms with Gasteiger partial charge in [0.1, 0.15) is 5.75 Å². The molecule has 0 aliphatic carbocycles. The Hall–Kier alpha value is -1.31. The van der Waals surface area contributed by atoms with Gasteiger partial charge in [-0.2, -0.15) is 0 Å². The van der Waals surface area contributed by atoms with Crippen molar-refractivity contribution in [1.29, 1.82) is 0 Å². The number of carbonyl (C=O) groups excluding carboxylic acids is 1. The molecule has 0 bridgehead atoms. The number of nitrogens with two attached hydrogens (primary N) is 1. The third-order valence-electron chi connectivity index (χ3n) is 4.03. The van der Waals surface area contributed by atoms with E-state index in [4.69, 9.17) is 10.5 Å². The number of likely N-dealkylation sites (tertiary alicyclic amines) is 1. The molecule has 1 unspecified atom stereocenters. The Balaban J connectivity index is 0.00000288. The van der Waals surface area contributed by atoms with Crippen molar-refractivity contribution in [2.75, 3.05) is 26.0 Å². The largest absolute Gasteiger partial charge is 0.494 e. The topological polar surface area (TPSA) is 89.7 Å². The fraction of sp³-hybridized carbons (Fsp3) is 0.562. The van der Waals surface area contributed by atoms with Crippen molar-refractivity contribution in [3.63, 3.8) is 0 Å². The van der Waals surface area contributed by atoms with Gasteiger partial charge in [-0.1, -0.05) is 0 Å². The minimum Gasteiger partial charge on any atom is -0.494 e. The second kappa shape index (κ2) is 9.25. The summed E-state index contributed by atoms with van der Waals surface area (Å²) in [6.45, 7) is 1.74. The van der Waals surface area contributed by atoms with E-state index < -0.39 is 9.84 Å². The van der Waals surface area contributed by atoms with Crippen LogP contribution in [-0.2, 0) is 14.6 Å².